The lowest BCUT2D eigenvalue weighted by atomic mass is 10.2. The van der Waals surface area contributed by atoms with Crippen LogP contribution < -0.4 is 14.8 Å². The molecule has 0 spiro atoms. The Morgan fingerprint density at radius 3 is 2.08 bits per heavy atom. The van der Waals surface area contributed by atoms with Gasteiger partial charge >= 0.3 is 0 Å². The summed E-state index contributed by atoms with van der Waals surface area (Å²) in [6.45, 7) is 1.29. The molecule has 2 rings (SSSR count). The first kappa shape index (κ1) is 18.1. The van der Waals surface area contributed by atoms with Gasteiger partial charge in [-0.15, -0.1) is 5.11 Å². The molecular formula is C18H19N3O4. The van der Waals surface area contributed by atoms with Gasteiger partial charge in [-0.25, -0.2) is 0 Å². The highest BCUT2D eigenvalue weighted by atomic mass is 16.5. The Bertz CT molecular complexity index is 753. The Kier molecular flexibility index (Phi) is 6.22. The Morgan fingerprint density at radius 1 is 0.960 bits per heavy atom. The Labute approximate surface area is 145 Å². The van der Waals surface area contributed by atoms with Crippen molar-refractivity contribution in [2.24, 2.45) is 10.2 Å². The van der Waals surface area contributed by atoms with Crippen LogP contribution in [0.2, 0.25) is 0 Å². The fraction of sp³-hybridized carbons (Fsp3) is 0.222. The quantitative estimate of drug-likeness (QED) is 0.617. The number of nitrogens with zero attached hydrogens (tertiary/aromatic N) is 2. The van der Waals surface area contributed by atoms with Crippen molar-refractivity contribution < 1.29 is 19.1 Å². The number of hydrogen-bond donors (Lipinski definition) is 1. The maximum atomic E-state index is 12.3. The van der Waals surface area contributed by atoms with Gasteiger partial charge in [0.05, 0.1) is 14.2 Å². The lowest BCUT2D eigenvalue weighted by Crippen LogP contribution is -2.31. The zero-order chi connectivity index (χ0) is 18.2. The fourth-order valence-electron chi connectivity index (χ4n) is 2.10. The molecule has 1 amide bonds. The van der Waals surface area contributed by atoms with Gasteiger partial charge in [0, 0.05) is 5.69 Å². The summed E-state index contributed by atoms with van der Waals surface area (Å²) in [6.07, 6.45) is 0. The van der Waals surface area contributed by atoms with E-state index in [0.717, 1.165) is 0 Å². The van der Waals surface area contributed by atoms with Gasteiger partial charge in [-0.3, -0.25) is 9.59 Å². The van der Waals surface area contributed by atoms with E-state index in [1.54, 1.807) is 42.5 Å². The standard InChI is InChI=1S/C18H19N3O4/c1-12(22)16(18(23)19-13-8-5-4-6-9-13)20-21-17-14(24-2)10-7-11-15(17)25-3/h4-11,16H,1-3H3,(H,19,23). The van der Waals surface area contributed by atoms with Crippen LogP contribution >= 0.6 is 0 Å². The number of carbonyl (C=O) groups excluding carboxylic acids is 2. The maximum absolute atomic E-state index is 12.3. The molecule has 0 aromatic heterocycles. The van der Waals surface area contributed by atoms with Gasteiger partial charge in [0.2, 0.25) is 6.04 Å². The van der Waals surface area contributed by atoms with Gasteiger partial charge in [-0.2, -0.15) is 5.11 Å². The van der Waals surface area contributed by atoms with E-state index in [-0.39, 0.29) is 0 Å². The number of hydrogen-bond acceptors (Lipinski definition) is 6. The minimum absolute atomic E-state index is 0.311. The number of benzene rings is 2. The Hall–Kier alpha value is -3.22. The molecule has 0 fully saturated rings. The average molecular weight is 341 g/mol. The highest BCUT2D eigenvalue weighted by Gasteiger charge is 2.23. The number of amides is 1. The normalized spacial score (nSPS) is 11.8. The molecule has 0 saturated carbocycles. The third-order valence-electron chi connectivity index (χ3n) is 3.35. The van der Waals surface area contributed by atoms with Crippen LogP contribution in [0.3, 0.4) is 0 Å². The molecule has 1 unspecified atom stereocenters. The van der Waals surface area contributed by atoms with E-state index < -0.39 is 17.7 Å². The zero-order valence-electron chi connectivity index (χ0n) is 14.2. The molecule has 0 radical (unpaired) electrons. The third kappa shape index (κ3) is 4.63. The van der Waals surface area contributed by atoms with Crippen LogP contribution in [0.25, 0.3) is 0 Å². The predicted molar refractivity (Wildman–Crippen MR) is 93.6 cm³/mol. The molecule has 1 N–H and O–H groups in total. The van der Waals surface area contributed by atoms with Gasteiger partial charge in [0.15, 0.2) is 11.5 Å². The molecule has 0 aliphatic rings. The monoisotopic (exact) mass is 341 g/mol. The average Bonchev–Trinajstić information content (AvgIpc) is 2.62. The third-order valence-corrected chi connectivity index (χ3v) is 3.35. The van der Waals surface area contributed by atoms with E-state index >= 15 is 0 Å². The van der Waals surface area contributed by atoms with Crippen molar-refractivity contribution in [3.63, 3.8) is 0 Å². The first-order valence-corrected chi connectivity index (χ1v) is 7.55. The molecular weight excluding hydrogens is 322 g/mol. The van der Waals surface area contributed by atoms with Crippen LogP contribution in [0, 0.1) is 0 Å². The first-order chi connectivity index (χ1) is 12.1. The number of Topliss-reactive ketones (excluding diaryl/α,β-unsaturated/α-hetero) is 1. The summed E-state index contributed by atoms with van der Waals surface area (Å²) in [4.78, 5) is 24.2. The first-order valence-electron chi connectivity index (χ1n) is 7.55. The largest absolute Gasteiger partial charge is 0.494 e. The minimum Gasteiger partial charge on any atom is -0.494 e. The summed E-state index contributed by atoms with van der Waals surface area (Å²) in [5.74, 6) is -0.134. The SMILES string of the molecule is COc1cccc(OC)c1N=NC(C(C)=O)C(=O)Nc1ccccc1. The predicted octanol–water partition coefficient (Wildman–Crippen LogP) is 3.38. The van der Waals surface area contributed by atoms with Crippen LogP contribution in [-0.4, -0.2) is 32.0 Å². The van der Waals surface area contributed by atoms with Gasteiger partial charge in [0.25, 0.3) is 5.91 Å². The second kappa shape index (κ2) is 8.58. The Balaban J connectivity index is 2.26. The maximum Gasteiger partial charge on any atom is 0.258 e. The number of rotatable bonds is 7. The summed E-state index contributed by atoms with van der Waals surface area (Å²) in [6, 6.07) is 12.7. The molecule has 2 aromatic carbocycles. The fourth-order valence-corrected chi connectivity index (χ4v) is 2.10. The lowest BCUT2D eigenvalue weighted by molar-refractivity contribution is -0.126. The number of ketones is 1. The van der Waals surface area contributed by atoms with E-state index in [2.05, 4.69) is 15.5 Å². The van der Waals surface area contributed by atoms with E-state index in [4.69, 9.17) is 9.47 Å². The van der Waals surface area contributed by atoms with Gasteiger partial charge in [0.1, 0.15) is 11.5 Å². The summed E-state index contributed by atoms with van der Waals surface area (Å²) in [5, 5.41) is 10.6. The summed E-state index contributed by atoms with van der Waals surface area (Å²) in [5.41, 5.74) is 0.884. The van der Waals surface area contributed by atoms with Crippen LogP contribution in [0.15, 0.2) is 58.8 Å². The van der Waals surface area contributed by atoms with Gasteiger partial charge in [-0.1, -0.05) is 24.3 Å². The summed E-state index contributed by atoms with van der Waals surface area (Å²) >= 11 is 0. The van der Waals surface area contributed by atoms with Crippen molar-refractivity contribution in [2.75, 3.05) is 19.5 Å². The van der Waals surface area contributed by atoms with Gasteiger partial charge < -0.3 is 14.8 Å². The summed E-state index contributed by atoms with van der Waals surface area (Å²) < 4.78 is 10.4. The van der Waals surface area contributed by atoms with E-state index in [1.807, 2.05) is 6.07 Å². The minimum atomic E-state index is -1.27. The number of carbonyl (C=O) groups is 2. The second-order valence-electron chi connectivity index (χ2n) is 5.10. The number of methoxy groups -OCH3 is 2. The van der Waals surface area contributed by atoms with E-state index in [1.165, 1.54) is 21.1 Å². The van der Waals surface area contributed by atoms with Crippen molar-refractivity contribution in [1.29, 1.82) is 0 Å². The molecule has 0 aliphatic heterocycles. The van der Waals surface area contributed by atoms with E-state index in [0.29, 0.717) is 22.9 Å². The molecule has 0 bridgehead atoms. The smallest absolute Gasteiger partial charge is 0.258 e. The number of para-hydroxylation sites is 1. The summed E-state index contributed by atoms with van der Waals surface area (Å²) in [7, 11) is 2.97. The molecule has 2 aromatic rings. The van der Waals surface area contributed by atoms with Crippen molar-refractivity contribution in [3.05, 3.63) is 48.5 Å². The number of ether oxygens (including phenoxy) is 2. The van der Waals surface area contributed by atoms with Gasteiger partial charge in [-0.05, 0) is 31.2 Å². The van der Waals surface area contributed by atoms with Crippen molar-refractivity contribution in [2.45, 2.75) is 13.0 Å². The van der Waals surface area contributed by atoms with E-state index in [9.17, 15) is 9.59 Å². The topological polar surface area (TPSA) is 89.3 Å². The molecule has 130 valence electrons. The van der Waals surface area contributed by atoms with Crippen LogP contribution in [-0.2, 0) is 9.59 Å². The van der Waals surface area contributed by atoms with Crippen LogP contribution in [0.5, 0.6) is 11.5 Å². The Morgan fingerprint density at radius 2 is 1.56 bits per heavy atom. The van der Waals surface area contributed by atoms with Crippen molar-refractivity contribution in [1.82, 2.24) is 0 Å². The van der Waals surface area contributed by atoms with Crippen molar-refractivity contribution >= 4 is 23.1 Å². The van der Waals surface area contributed by atoms with Crippen LogP contribution in [0.4, 0.5) is 11.4 Å². The lowest BCUT2D eigenvalue weighted by Gasteiger charge is -2.11. The number of anilines is 1. The molecule has 0 heterocycles. The molecule has 7 nitrogen and oxygen atoms in total. The molecule has 0 aliphatic carbocycles. The van der Waals surface area contributed by atoms with Crippen LogP contribution in [0.1, 0.15) is 6.92 Å². The molecule has 25 heavy (non-hydrogen) atoms. The highest BCUT2D eigenvalue weighted by molar-refractivity contribution is 6.10. The molecule has 7 heteroatoms. The number of nitrogens with one attached hydrogen (secondary N) is 1. The van der Waals surface area contributed by atoms with Crippen molar-refractivity contribution in [3.8, 4) is 11.5 Å². The molecule has 1 atom stereocenters. The second-order valence-corrected chi connectivity index (χ2v) is 5.10. The number of azo groups is 1. The zero-order valence-corrected chi connectivity index (χ0v) is 14.2. The highest BCUT2D eigenvalue weighted by Crippen LogP contribution is 2.37. The molecule has 0 saturated heterocycles.